The van der Waals surface area contributed by atoms with Gasteiger partial charge in [-0.15, -0.1) is 0 Å². The minimum absolute atomic E-state index is 0.346. The van der Waals surface area contributed by atoms with Crippen LogP contribution in [0.2, 0.25) is 0 Å². The second-order valence-electron chi connectivity index (χ2n) is 5.48. The summed E-state index contributed by atoms with van der Waals surface area (Å²) in [5, 5.41) is 3.29. The molecule has 0 spiro atoms. The first-order chi connectivity index (χ1) is 8.75. The molecule has 1 unspecified atom stereocenters. The molecule has 5 nitrogen and oxygen atoms in total. The Hall–Kier alpha value is -1.23. The maximum absolute atomic E-state index is 11.8. The predicted molar refractivity (Wildman–Crippen MR) is 69.6 cm³/mol. The average molecular weight is 250 g/mol. The number of amides is 1. The molecule has 3 aliphatic heterocycles. The monoisotopic (exact) mass is 250 g/mol. The molecule has 0 saturated carbocycles. The van der Waals surface area contributed by atoms with Gasteiger partial charge in [-0.25, -0.2) is 0 Å². The van der Waals surface area contributed by atoms with Gasteiger partial charge in [0, 0.05) is 63.0 Å². The summed E-state index contributed by atoms with van der Waals surface area (Å²) in [6.07, 6.45) is 3.95. The van der Waals surface area contributed by atoms with E-state index in [1.807, 2.05) is 0 Å². The van der Waals surface area contributed by atoms with Crippen LogP contribution in [-0.2, 0) is 4.79 Å². The fourth-order valence-corrected chi connectivity index (χ4v) is 3.36. The zero-order valence-electron chi connectivity index (χ0n) is 10.8. The van der Waals surface area contributed by atoms with E-state index in [1.165, 1.54) is 5.70 Å². The largest absolute Gasteiger partial charge is 0.400 e. The van der Waals surface area contributed by atoms with Crippen LogP contribution in [0.3, 0.4) is 0 Å². The van der Waals surface area contributed by atoms with E-state index in [1.54, 1.807) is 0 Å². The molecular weight excluding hydrogens is 228 g/mol. The molecule has 2 fully saturated rings. The van der Waals surface area contributed by atoms with Gasteiger partial charge < -0.3 is 20.9 Å². The van der Waals surface area contributed by atoms with Gasteiger partial charge in [0.1, 0.15) is 0 Å². The Balaban J connectivity index is 1.72. The number of hydrogen-bond acceptors (Lipinski definition) is 4. The first kappa shape index (κ1) is 11.8. The van der Waals surface area contributed by atoms with Gasteiger partial charge in [-0.3, -0.25) is 4.79 Å². The van der Waals surface area contributed by atoms with Gasteiger partial charge in [-0.05, 0) is 12.8 Å². The summed E-state index contributed by atoms with van der Waals surface area (Å²) < 4.78 is 0. The number of nitrogens with one attached hydrogen (secondary N) is 1. The third-order valence-corrected chi connectivity index (χ3v) is 4.34. The first-order valence-electron chi connectivity index (χ1n) is 6.98. The highest BCUT2D eigenvalue weighted by Gasteiger charge is 2.34. The second kappa shape index (κ2) is 4.80. The third kappa shape index (κ3) is 2.07. The van der Waals surface area contributed by atoms with E-state index in [9.17, 15) is 4.79 Å². The van der Waals surface area contributed by atoms with Crippen molar-refractivity contribution in [1.29, 1.82) is 0 Å². The number of nitrogens with zero attached hydrogens (tertiary/aromatic N) is 2. The van der Waals surface area contributed by atoms with Crippen LogP contribution in [0.4, 0.5) is 0 Å². The van der Waals surface area contributed by atoms with Crippen LogP contribution in [0, 0.1) is 0 Å². The van der Waals surface area contributed by atoms with Crippen molar-refractivity contribution in [3.8, 4) is 0 Å². The molecule has 1 amide bonds. The topological polar surface area (TPSA) is 61.6 Å². The van der Waals surface area contributed by atoms with Crippen molar-refractivity contribution in [2.45, 2.75) is 31.7 Å². The first-order valence-corrected chi connectivity index (χ1v) is 6.98. The molecule has 0 aliphatic carbocycles. The lowest BCUT2D eigenvalue weighted by Gasteiger charge is -2.46. The molecule has 3 N–H and O–H groups in total. The lowest BCUT2D eigenvalue weighted by molar-refractivity contribution is -0.139. The van der Waals surface area contributed by atoms with E-state index in [2.05, 4.69) is 15.1 Å². The molecule has 3 heterocycles. The quantitative estimate of drug-likeness (QED) is 0.679. The number of hydrogen-bond donors (Lipinski definition) is 2. The van der Waals surface area contributed by atoms with E-state index < -0.39 is 0 Å². The van der Waals surface area contributed by atoms with Gasteiger partial charge in [-0.1, -0.05) is 0 Å². The van der Waals surface area contributed by atoms with Crippen molar-refractivity contribution >= 4 is 5.91 Å². The number of carbonyl (C=O) groups excluding carboxylic acids is 1. The van der Waals surface area contributed by atoms with Crippen LogP contribution in [0.1, 0.15) is 25.7 Å². The summed E-state index contributed by atoms with van der Waals surface area (Å²) in [6, 6.07) is 0.412. The molecule has 0 aromatic rings. The van der Waals surface area contributed by atoms with Gasteiger partial charge >= 0.3 is 0 Å². The number of fused-ring (bicyclic) bond motifs is 1. The molecule has 2 saturated heterocycles. The van der Waals surface area contributed by atoms with Crippen LogP contribution >= 0.6 is 0 Å². The molecule has 0 bridgehead atoms. The molecule has 100 valence electrons. The Morgan fingerprint density at radius 1 is 1.28 bits per heavy atom. The number of carbonyl (C=O) groups is 1. The predicted octanol–water partition coefficient (Wildman–Crippen LogP) is -0.153. The van der Waals surface area contributed by atoms with Crippen molar-refractivity contribution in [1.82, 2.24) is 15.1 Å². The van der Waals surface area contributed by atoms with Crippen molar-refractivity contribution < 1.29 is 4.79 Å². The summed E-state index contributed by atoms with van der Waals surface area (Å²) in [7, 11) is 0. The minimum atomic E-state index is 0.346. The Morgan fingerprint density at radius 3 is 3.00 bits per heavy atom. The van der Waals surface area contributed by atoms with Gasteiger partial charge in [0.25, 0.3) is 0 Å². The van der Waals surface area contributed by atoms with Crippen molar-refractivity contribution in [2.75, 3.05) is 32.7 Å². The Kier molecular flexibility index (Phi) is 3.16. The number of piperidine rings is 1. The SMILES string of the molecule is NC1=C(N2CCN3C(=O)CCCC3C2)CCNC1. The molecule has 3 rings (SSSR count). The smallest absolute Gasteiger partial charge is 0.222 e. The zero-order valence-corrected chi connectivity index (χ0v) is 10.8. The molecule has 0 radical (unpaired) electrons. The van der Waals surface area contributed by atoms with E-state index in [-0.39, 0.29) is 0 Å². The van der Waals surface area contributed by atoms with Crippen LogP contribution in [0.25, 0.3) is 0 Å². The van der Waals surface area contributed by atoms with Gasteiger partial charge in [-0.2, -0.15) is 0 Å². The van der Waals surface area contributed by atoms with Crippen molar-refractivity contribution in [2.24, 2.45) is 5.73 Å². The number of rotatable bonds is 1. The van der Waals surface area contributed by atoms with Crippen LogP contribution in [0.15, 0.2) is 11.4 Å². The number of piperazine rings is 1. The molecule has 18 heavy (non-hydrogen) atoms. The Bertz CT molecular complexity index is 379. The molecular formula is C13H22N4O. The zero-order chi connectivity index (χ0) is 12.5. The second-order valence-corrected chi connectivity index (χ2v) is 5.48. The average Bonchev–Trinajstić information content (AvgIpc) is 2.39. The molecule has 3 aliphatic rings. The standard InChI is InChI=1S/C13H22N4O/c14-11-8-15-5-4-12(11)16-6-7-17-10(9-16)2-1-3-13(17)18/h10,15H,1-9,14H2. The lowest BCUT2D eigenvalue weighted by atomic mass is 9.98. The minimum Gasteiger partial charge on any atom is -0.400 e. The summed E-state index contributed by atoms with van der Waals surface area (Å²) in [5.41, 5.74) is 8.39. The van der Waals surface area contributed by atoms with Crippen LogP contribution < -0.4 is 11.1 Å². The van der Waals surface area contributed by atoms with Crippen LogP contribution in [0.5, 0.6) is 0 Å². The summed E-state index contributed by atoms with van der Waals surface area (Å²) in [4.78, 5) is 16.3. The van der Waals surface area contributed by atoms with Crippen molar-refractivity contribution in [3.63, 3.8) is 0 Å². The maximum atomic E-state index is 11.8. The van der Waals surface area contributed by atoms with Gasteiger partial charge in [0.15, 0.2) is 0 Å². The fraction of sp³-hybridized carbons (Fsp3) is 0.769. The van der Waals surface area contributed by atoms with Crippen LogP contribution in [-0.4, -0.2) is 54.5 Å². The summed E-state index contributed by atoms with van der Waals surface area (Å²) >= 11 is 0. The van der Waals surface area contributed by atoms with E-state index in [4.69, 9.17) is 5.73 Å². The molecule has 0 aromatic carbocycles. The molecule has 1 atom stereocenters. The Morgan fingerprint density at radius 2 is 2.17 bits per heavy atom. The number of nitrogens with two attached hydrogens (primary N) is 1. The van der Waals surface area contributed by atoms with Crippen molar-refractivity contribution in [3.05, 3.63) is 11.4 Å². The van der Waals surface area contributed by atoms with E-state index in [0.29, 0.717) is 11.9 Å². The molecule has 5 heteroatoms. The van der Waals surface area contributed by atoms with E-state index >= 15 is 0 Å². The fourth-order valence-electron chi connectivity index (χ4n) is 3.36. The molecule has 0 aromatic heterocycles. The maximum Gasteiger partial charge on any atom is 0.222 e. The summed E-state index contributed by atoms with van der Waals surface area (Å²) in [5.74, 6) is 0.346. The highest BCUT2D eigenvalue weighted by Crippen LogP contribution is 2.25. The lowest BCUT2D eigenvalue weighted by Crippen LogP contribution is -2.57. The van der Waals surface area contributed by atoms with Gasteiger partial charge in [0.2, 0.25) is 5.91 Å². The van der Waals surface area contributed by atoms with E-state index in [0.717, 1.165) is 64.1 Å². The Labute approximate surface area is 108 Å². The summed E-state index contributed by atoms with van der Waals surface area (Å²) in [6.45, 7) is 4.60. The highest BCUT2D eigenvalue weighted by molar-refractivity contribution is 5.77. The normalized spacial score (nSPS) is 29.6. The highest BCUT2D eigenvalue weighted by atomic mass is 16.2. The third-order valence-electron chi connectivity index (χ3n) is 4.34. The van der Waals surface area contributed by atoms with Gasteiger partial charge in [0.05, 0.1) is 0 Å².